The third kappa shape index (κ3) is 3.25. The summed E-state index contributed by atoms with van der Waals surface area (Å²) in [6.45, 7) is 0. The van der Waals surface area contributed by atoms with Gasteiger partial charge in [-0.1, -0.05) is 24.3 Å². The van der Waals surface area contributed by atoms with Crippen LogP contribution in [0.25, 0.3) is 11.3 Å². The van der Waals surface area contributed by atoms with Crippen LogP contribution in [-0.4, -0.2) is 27.3 Å². The summed E-state index contributed by atoms with van der Waals surface area (Å²) in [7, 11) is 0. The summed E-state index contributed by atoms with van der Waals surface area (Å²) in [6.07, 6.45) is 1.73. The zero-order chi connectivity index (χ0) is 12.1. The van der Waals surface area contributed by atoms with E-state index in [2.05, 4.69) is 10.2 Å². The number of rotatable bonds is 4. The second-order valence-electron chi connectivity index (χ2n) is 3.82. The molecule has 0 bridgehead atoms. The normalized spacial score (nSPS) is 12.4. The van der Waals surface area contributed by atoms with E-state index in [1.54, 1.807) is 6.20 Å². The summed E-state index contributed by atoms with van der Waals surface area (Å²) in [4.78, 5) is 0. The highest BCUT2D eigenvalue weighted by Crippen LogP contribution is 2.17. The fourth-order valence-corrected chi connectivity index (χ4v) is 1.70. The average molecular weight is 249 g/mol. The topological polar surface area (TPSA) is 46.0 Å². The Morgan fingerprint density at radius 2 is 1.94 bits per heavy atom. The van der Waals surface area contributed by atoms with Gasteiger partial charge in [0.25, 0.3) is 0 Å². The molecule has 1 atom stereocenters. The van der Waals surface area contributed by atoms with Crippen molar-refractivity contribution in [3.05, 3.63) is 48.2 Å². The van der Waals surface area contributed by atoms with E-state index in [1.165, 1.54) is 0 Å². The molecule has 3 nitrogen and oxygen atoms in total. The lowest BCUT2D eigenvalue weighted by Gasteiger charge is -2.07. The maximum absolute atomic E-state index is 9.44. The van der Waals surface area contributed by atoms with Gasteiger partial charge in [-0.2, -0.15) is 10.2 Å². The fraction of sp³-hybridized carbons (Fsp3) is 0.231. The Bertz CT molecular complexity index is 459. The first-order chi connectivity index (χ1) is 8.29. The third-order valence-electron chi connectivity index (χ3n) is 2.47. The standard InChI is InChI=1S/C13H13ClN2O/c14-9-12(17)8-10-3-5-11(6-4-10)13-2-1-7-15-16-13/h1-7,12,17H,8-9H2. The lowest BCUT2D eigenvalue weighted by Crippen LogP contribution is -2.11. The van der Waals surface area contributed by atoms with Gasteiger partial charge in [0.15, 0.2) is 0 Å². The molecule has 17 heavy (non-hydrogen) atoms. The highest BCUT2D eigenvalue weighted by molar-refractivity contribution is 6.18. The Balaban J connectivity index is 2.13. The first kappa shape index (κ1) is 12.0. The highest BCUT2D eigenvalue weighted by atomic mass is 35.5. The molecule has 0 spiro atoms. The lowest BCUT2D eigenvalue weighted by molar-refractivity contribution is 0.199. The Kier molecular flexibility index (Phi) is 4.07. The Labute approximate surface area is 105 Å². The van der Waals surface area contributed by atoms with Crippen LogP contribution in [0.1, 0.15) is 5.56 Å². The molecule has 2 rings (SSSR count). The molecule has 0 saturated heterocycles. The molecule has 0 fully saturated rings. The maximum Gasteiger partial charge on any atom is 0.0929 e. The smallest absolute Gasteiger partial charge is 0.0929 e. The third-order valence-corrected chi connectivity index (χ3v) is 2.83. The summed E-state index contributed by atoms with van der Waals surface area (Å²) in [5.74, 6) is 0.256. The van der Waals surface area contributed by atoms with E-state index in [0.29, 0.717) is 6.42 Å². The van der Waals surface area contributed by atoms with E-state index >= 15 is 0 Å². The molecule has 1 heterocycles. The first-order valence-electron chi connectivity index (χ1n) is 5.40. The molecule has 0 aliphatic carbocycles. The van der Waals surface area contributed by atoms with Gasteiger partial charge in [-0.05, 0) is 24.1 Å². The van der Waals surface area contributed by atoms with Gasteiger partial charge in [-0.3, -0.25) is 0 Å². The summed E-state index contributed by atoms with van der Waals surface area (Å²) in [5, 5.41) is 17.3. The molecule has 4 heteroatoms. The molecule has 1 unspecified atom stereocenters. The van der Waals surface area contributed by atoms with E-state index in [0.717, 1.165) is 16.8 Å². The number of aromatic nitrogens is 2. The SMILES string of the molecule is OC(CCl)Cc1ccc(-c2cccnn2)cc1. The van der Waals surface area contributed by atoms with Crippen molar-refractivity contribution in [2.45, 2.75) is 12.5 Å². The minimum absolute atomic E-state index is 0.256. The number of alkyl halides is 1. The van der Waals surface area contributed by atoms with E-state index in [1.807, 2.05) is 36.4 Å². The van der Waals surface area contributed by atoms with E-state index < -0.39 is 6.10 Å². The number of hydrogen-bond donors (Lipinski definition) is 1. The zero-order valence-electron chi connectivity index (χ0n) is 9.25. The predicted octanol–water partition coefficient (Wildman–Crippen LogP) is 2.29. The molecule has 88 valence electrons. The fourth-order valence-electron chi connectivity index (χ4n) is 1.59. The largest absolute Gasteiger partial charge is 0.392 e. The Morgan fingerprint density at radius 1 is 1.18 bits per heavy atom. The van der Waals surface area contributed by atoms with Crippen LogP contribution in [-0.2, 0) is 6.42 Å². The van der Waals surface area contributed by atoms with Crippen molar-refractivity contribution in [1.82, 2.24) is 10.2 Å². The summed E-state index contributed by atoms with van der Waals surface area (Å²) in [5.41, 5.74) is 2.92. The molecule has 0 aliphatic heterocycles. The van der Waals surface area contributed by atoms with Gasteiger partial charge < -0.3 is 5.11 Å². The number of aliphatic hydroxyl groups is 1. The van der Waals surface area contributed by atoms with Gasteiger partial charge in [-0.25, -0.2) is 0 Å². The summed E-state index contributed by atoms with van der Waals surface area (Å²) in [6, 6.07) is 11.7. The Morgan fingerprint density at radius 3 is 2.53 bits per heavy atom. The molecule has 0 amide bonds. The second kappa shape index (κ2) is 5.75. The highest BCUT2D eigenvalue weighted by Gasteiger charge is 2.04. The van der Waals surface area contributed by atoms with Crippen LogP contribution in [0.4, 0.5) is 0 Å². The van der Waals surface area contributed by atoms with E-state index in [4.69, 9.17) is 11.6 Å². The van der Waals surface area contributed by atoms with Crippen LogP contribution < -0.4 is 0 Å². The molecule has 0 radical (unpaired) electrons. The molecule has 1 aromatic carbocycles. The van der Waals surface area contributed by atoms with Crippen molar-refractivity contribution in [2.75, 3.05) is 5.88 Å². The monoisotopic (exact) mass is 248 g/mol. The maximum atomic E-state index is 9.44. The molecule has 0 saturated carbocycles. The second-order valence-corrected chi connectivity index (χ2v) is 4.13. The van der Waals surface area contributed by atoms with E-state index in [-0.39, 0.29) is 5.88 Å². The van der Waals surface area contributed by atoms with Crippen molar-refractivity contribution < 1.29 is 5.11 Å². The van der Waals surface area contributed by atoms with E-state index in [9.17, 15) is 5.11 Å². The Hall–Kier alpha value is -1.45. The molecule has 0 aliphatic rings. The van der Waals surface area contributed by atoms with Crippen LogP contribution in [0.3, 0.4) is 0 Å². The van der Waals surface area contributed by atoms with Crippen molar-refractivity contribution in [3.8, 4) is 11.3 Å². The summed E-state index contributed by atoms with van der Waals surface area (Å²) < 4.78 is 0. The van der Waals surface area contributed by atoms with Crippen LogP contribution >= 0.6 is 11.6 Å². The van der Waals surface area contributed by atoms with Crippen molar-refractivity contribution in [2.24, 2.45) is 0 Å². The lowest BCUT2D eigenvalue weighted by atomic mass is 10.0. The van der Waals surface area contributed by atoms with Crippen molar-refractivity contribution in [3.63, 3.8) is 0 Å². The molecule has 1 N–H and O–H groups in total. The molecular weight excluding hydrogens is 236 g/mol. The molecule has 2 aromatic rings. The van der Waals surface area contributed by atoms with Gasteiger partial charge >= 0.3 is 0 Å². The zero-order valence-corrected chi connectivity index (χ0v) is 10.0. The first-order valence-corrected chi connectivity index (χ1v) is 5.94. The van der Waals surface area contributed by atoms with Gasteiger partial charge in [0.05, 0.1) is 11.8 Å². The van der Waals surface area contributed by atoms with Crippen LogP contribution in [0.15, 0.2) is 42.6 Å². The van der Waals surface area contributed by atoms with Crippen LogP contribution in [0.2, 0.25) is 0 Å². The number of halogens is 1. The summed E-state index contributed by atoms with van der Waals surface area (Å²) >= 11 is 5.56. The predicted molar refractivity (Wildman–Crippen MR) is 67.9 cm³/mol. The quantitative estimate of drug-likeness (QED) is 0.845. The van der Waals surface area contributed by atoms with Crippen molar-refractivity contribution in [1.29, 1.82) is 0 Å². The number of hydrogen-bond acceptors (Lipinski definition) is 3. The van der Waals surface area contributed by atoms with Gasteiger partial charge in [0.1, 0.15) is 0 Å². The van der Waals surface area contributed by atoms with Gasteiger partial charge in [-0.15, -0.1) is 11.6 Å². The van der Waals surface area contributed by atoms with Gasteiger partial charge in [0, 0.05) is 17.6 Å². The number of aliphatic hydroxyl groups excluding tert-OH is 1. The molecule has 1 aromatic heterocycles. The minimum atomic E-state index is -0.487. The van der Waals surface area contributed by atoms with Gasteiger partial charge in [0.2, 0.25) is 0 Å². The number of benzene rings is 1. The van der Waals surface area contributed by atoms with Crippen LogP contribution in [0.5, 0.6) is 0 Å². The van der Waals surface area contributed by atoms with Crippen molar-refractivity contribution >= 4 is 11.6 Å². The average Bonchev–Trinajstić information content (AvgIpc) is 2.40. The van der Waals surface area contributed by atoms with Crippen LogP contribution in [0, 0.1) is 0 Å². The minimum Gasteiger partial charge on any atom is -0.392 e. The number of nitrogens with zero attached hydrogens (tertiary/aromatic N) is 2. The molecular formula is C13H13ClN2O.